The van der Waals surface area contributed by atoms with Crippen molar-refractivity contribution in [1.82, 2.24) is 78.1 Å². The number of aromatic nitrogens is 16. The zero-order valence-corrected chi connectivity index (χ0v) is 43.9. The Kier molecular flexibility index (Phi) is 11.9. The van der Waals surface area contributed by atoms with Crippen molar-refractivity contribution in [2.24, 2.45) is 0 Å². The first kappa shape index (κ1) is 49.9. The van der Waals surface area contributed by atoms with Crippen LogP contribution in [0.2, 0.25) is 0 Å². The van der Waals surface area contributed by atoms with E-state index in [1.807, 2.05) is 116 Å². The molecule has 80 heavy (non-hydrogen) atoms. The van der Waals surface area contributed by atoms with Gasteiger partial charge in [0.15, 0.2) is 0 Å². The summed E-state index contributed by atoms with van der Waals surface area (Å²) in [6, 6.07) is 31.4. The molecule has 0 radical (unpaired) electrons. The number of hydrogen-bond donors (Lipinski definition) is 8. The number of H-pyrrole nitrogens is 4. The van der Waals surface area contributed by atoms with Crippen LogP contribution in [0.1, 0.15) is 97.4 Å². The molecule has 12 heterocycles. The fourth-order valence-electron chi connectivity index (χ4n) is 12.3. The molecule has 0 fully saturated rings. The summed E-state index contributed by atoms with van der Waals surface area (Å²) in [5.41, 5.74) is 8.38. The molecule has 20 heteroatoms. The van der Waals surface area contributed by atoms with Crippen LogP contribution >= 0.6 is 0 Å². The molecule has 4 aromatic carbocycles. The number of fused-ring (bicyclic) bond motifs is 12. The van der Waals surface area contributed by atoms with Crippen LogP contribution in [0.15, 0.2) is 197 Å². The Labute approximate surface area is 458 Å². The van der Waals surface area contributed by atoms with E-state index in [0.717, 1.165) is 67.3 Å². The quantitative estimate of drug-likeness (QED) is 0.0714. The predicted molar refractivity (Wildman–Crippen MR) is 296 cm³/mol. The summed E-state index contributed by atoms with van der Waals surface area (Å²) in [4.78, 5) is 45.8. The fourth-order valence-corrected chi connectivity index (χ4v) is 12.3. The number of nitrogens with zero attached hydrogens (tertiary/aromatic N) is 12. The maximum Gasteiger partial charge on any atom is 0.144 e. The van der Waals surface area contributed by atoms with Crippen LogP contribution in [0, 0.1) is 0 Å². The third-order valence-corrected chi connectivity index (χ3v) is 15.9. The fraction of sp³-hybridized carbons (Fsp3) is 0.200. The van der Waals surface area contributed by atoms with E-state index in [-0.39, 0.29) is 24.2 Å². The van der Waals surface area contributed by atoms with E-state index in [9.17, 15) is 20.4 Å². The molecule has 0 amide bonds. The van der Waals surface area contributed by atoms with Gasteiger partial charge in [0.05, 0.1) is 97.0 Å². The van der Waals surface area contributed by atoms with Gasteiger partial charge in [-0.05, 0) is 49.9 Å². The first-order valence-corrected chi connectivity index (χ1v) is 26.1. The lowest BCUT2D eigenvalue weighted by Gasteiger charge is -2.30. The molecule has 8 atom stereocenters. The number of aromatic amines is 4. The van der Waals surface area contributed by atoms with E-state index >= 15 is 0 Å². The molecule has 0 spiro atoms. The maximum atomic E-state index is 11.0. The van der Waals surface area contributed by atoms with Crippen LogP contribution < -0.4 is 0 Å². The van der Waals surface area contributed by atoms with Crippen molar-refractivity contribution < 1.29 is 20.4 Å². The predicted octanol–water partition coefficient (Wildman–Crippen LogP) is 8.33. The Hall–Kier alpha value is -9.60. The summed E-state index contributed by atoms with van der Waals surface area (Å²) in [7, 11) is 0. The number of nitrogens with one attached hydrogen (secondary N) is 4. The van der Waals surface area contributed by atoms with Gasteiger partial charge in [0.2, 0.25) is 0 Å². The second-order valence-corrected chi connectivity index (χ2v) is 21.0. The Morgan fingerprint density at radius 1 is 0.338 bits per heavy atom. The molecule has 400 valence electrons. The Morgan fingerprint density at radius 2 is 0.550 bits per heavy atom. The highest BCUT2D eigenvalue weighted by molar-refractivity contribution is 5.72. The van der Waals surface area contributed by atoms with Gasteiger partial charge in [-0.3, -0.25) is 0 Å². The first-order valence-electron chi connectivity index (χ1n) is 26.1. The smallest absolute Gasteiger partial charge is 0.144 e. The van der Waals surface area contributed by atoms with Gasteiger partial charge in [-0.15, -0.1) is 0 Å². The summed E-state index contributed by atoms with van der Waals surface area (Å²) in [6.07, 6.45) is 27.9. The number of aliphatic hydroxyl groups is 4. The summed E-state index contributed by atoms with van der Waals surface area (Å²) in [5.74, 6) is 2.22. The number of hydrogen-bond acceptors (Lipinski definition) is 12. The zero-order chi connectivity index (χ0) is 55.0. The minimum Gasteiger partial charge on any atom is -0.380 e. The van der Waals surface area contributed by atoms with Crippen LogP contribution in [0.25, 0.3) is 45.0 Å². The monoisotopic (exact) mass is 1060 g/mol. The Bertz CT molecular complexity index is 3560. The van der Waals surface area contributed by atoms with Gasteiger partial charge in [0, 0.05) is 71.8 Å². The lowest BCUT2D eigenvalue weighted by molar-refractivity contribution is 0.0103. The van der Waals surface area contributed by atoms with Gasteiger partial charge in [0.25, 0.3) is 0 Å². The molecular formula is C60H56N16O4. The van der Waals surface area contributed by atoms with Crippen molar-refractivity contribution in [1.29, 1.82) is 0 Å². The molecule has 0 saturated carbocycles. The maximum absolute atomic E-state index is 11.0. The molecular weight excluding hydrogens is 1010 g/mol. The Morgan fingerprint density at radius 3 is 0.750 bits per heavy atom. The van der Waals surface area contributed by atoms with Gasteiger partial charge in [-0.1, -0.05) is 97.1 Å². The van der Waals surface area contributed by atoms with E-state index < -0.39 is 22.4 Å². The molecule has 12 aromatic rings. The van der Waals surface area contributed by atoms with Crippen molar-refractivity contribution in [3.05, 3.63) is 242 Å². The van der Waals surface area contributed by atoms with Crippen molar-refractivity contribution in [2.45, 2.75) is 74.3 Å². The third-order valence-electron chi connectivity index (χ3n) is 15.9. The van der Waals surface area contributed by atoms with Gasteiger partial charge in [-0.25, -0.2) is 39.9 Å². The molecule has 20 nitrogen and oxygen atoms in total. The van der Waals surface area contributed by atoms with E-state index in [4.69, 9.17) is 0 Å². The van der Waals surface area contributed by atoms with Crippen LogP contribution in [-0.2, 0) is 22.4 Å². The molecule has 0 aliphatic carbocycles. The second-order valence-electron chi connectivity index (χ2n) is 21.0. The van der Waals surface area contributed by atoms with E-state index in [1.165, 1.54) is 0 Å². The largest absolute Gasteiger partial charge is 0.380 e. The lowest BCUT2D eigenvalue weighted by atomic mass is 9.89. The van der Waals surface area contributed by atoms with Gasteiger partial charge in [0.1, 0.15) is 45.7 Å². The molecule has 16 rings (SSSR count). The SMILES string of the molecule is C[C@@](O)(c1ncc[nH]1)[C@@H]1c2ccccc2-c2cncn21.C[C@@](O)(c1ncc[nH]1)[C@H]1c2ccccc2-c2cncn21.C[C@](O)(c1ncc[nH]1)[C@@H]1c2ccccc2-c2cncn21.C[C@](O)(c1ncc[nH]1)[C@H]1c2ccccc2-c2cncn21. The van der Waals surface area contributed by atoms with E-state index in [0.29, 0.717) is 23.3 Å². The first-order chi connectivity index (χ1) is 38.8. The van der Waals surface area contributed by atoms with E-state index in [2.05, 4.69) is 84.1 Å². The van der Waals surface area contributed by atoms with Gasteiger partial charge < -0.3 is 58.6 Å². The highest BCUT2D eigenvalue weighted by atomic mass is 16.3. The minimum absolute atomic E-state index is 0.234. The number of benzene rings is 4. The van der Waals surface area contributed by atoms with Gasteiger partial charge in [-0.2, -0.15) is 0 Å². The van der Waals surface area contributed by atoms with Crippen molar-refractivity contribution >= 4 is 0 Å². The molecule has 0 unspecified atom stereocenters. The van der Waals surface area contributed by atoms with Crippen molar-refractivity contribution in [3.8, 4) is 45.0 Å². The van der Waals surface area contributed by atoms with Crippen LogP contribution in [0.3, 0.4) is 0 Å². The zero-order valence-electron chi connectivity index (χ0n) is 43.9. The lowest BCUT2D eigenvalue weighted by Crippen LogP contribution is -2.34. The summed E-state index contributed by atoms with van der Waals surface area (Å²) < 4.78 is 8.03. The topological polar surface area (TPSA) is 267 Å². The van der Waals surface area contributed by atoms with Crippen LogP contribution in [0.4, 0.5) is 0 Å². The minimum atomic E-state index is -1.13. The number of imidazole rings is 8. The highest BCUT2D eigenvalue weighted by Gasteiger charge is 2.47. The van der Waals surface area contributed by atoms with Crippen LogP contribution in [0.5, 0.6) is 0 Å². The average Bonchev–Trinajstić information content (AvgIpc) is 4.39. The molecule has 4 aliphatic heterocycles. The van der Waals surface area contributed by atoms with Gasteiger partial charge >= 0.3 is 0 Å². The highest BCUT2D eigenvalue weighted by Crippen LogP contribution is 2.51. The normalized spacial score (nSPS) is 19.4. The van der Waals surface area contributed by atoms with E-state index in [1.54, 1.807) is 103 Å². The standard InChI is InChI=1S/4C15H14N4O/c4*1-15(20,14-17-6-7-18-14)13-11-5-3-2-4-10(11)12-8-16-9-19(12)13/h4*2-9,13,20H,1H3,(H,17,18)/t2*13-,15+;2*13-,15-/m1010/s1. The summed E-state index contributed by atoms with van der Waals surface area (Å²) >= 11 is 0. The molecule has 4 aliphatic rings. The number of rotatable bonds is 8. The third kappa shape index (κ3) is 7.89. The van der Waals surface area contributed by atoms with Crippen molar-refractivity contribution in [3.63, 3.8) is 0 Å². The molecule has 0 saturated heterocycles. The molecule has 0 bridgehead atoms. The average molecular weight is 1070 g/mol. The molecule has 8 aromatic heterocycles. The summed E-state index contributed by atoms with van der Waals surface area (Å²) in [5, 5.41) is 44.2. The molecule has 8 N–H and O–H groups in total. The second kappa shape index (κ2) is 19.1. The van der Waals surface area contributed by atoms with Crippen LogP contribution in [-0.4, -0.2) is 98.5 Å². The Balaban J connectivity index is 0.000000101. The van der Waals surface area contributed by atoms with Crippen molar-refractivity contribution in [2.75, 3.05) is 0 Å². The summed E-state index contributed by atoms with van der Waals surface area (Å²) in [6.45, 7) is 7.12.